The Morgan fingerprint density at radius 1 is 1.23 bits per heavy atom. The second-order valence-electron chi connectivity index (χ2n) is 5.42. The first-order valence-electron chi connectivity index (χ1n) is 7.50. The fourth-order valence-corrected chi connectivity index (χ4v) is 2.64. The fourth-order valence-electron chi connectivity index (χ4n) is 2.64. The van der Waals surface area contributed by atoms with Crippen molar-refractivity contribution in [3.8, 4) is 5.75 Å². The third-order valence-corrected chi connectivity index (χ3v) is 3.91. The molecule has 0 saturated carbocycles. The van der Waals surface area contributed by atoms with Crippen molar-refractivity contribution < 1.29 is 9.53 Å². The minimum Gasteiger partial charge on any atom is -0.497 e. The molecular formula is C18H20N2O2. The third-order valence-electron chi connectivity index (χ3n) is 3.91. The SMILES string of the molecule is COc1ccc(CNCC(=O)c2ccc3c(c2)CCN3)cc1. The van der Waals surface area contributed by atoms with Crippen molar-refractivity contribution in [3.05, 3.63) is 59.2 Å². The lowest BCUT2D eigenvalue weighted by atomic mass is 10.1. The van der Waals surface area contributed by atoms with E-state index in [4.69, 9.17) is 4.74 Å². The number of hydrogen-bond donors (Lipinski definition) is 2. The Balaban J connectivity index is 1.53. The van der Waals surface area contributed by atoms with Gasteiger partial charge in [0.15, 0.2) is 5.78 Å². The lowest BCUT2D eigenvalue weighted by molar-refractivity contribution is 0.0990. The van der Waals surface area contributed by atoms with Crippen molar-refractivity contribution in [3.63, 3.8) is 0 Å². The Hall–Kier alpha value is -2.33. The Bertz CT molecular complexity index is 665. The van der Waals surface area contributed by atoms with E-state index < -0.39 is 0 Å². The summed E-state index contributed by atoms with van der Waals surface area (Å²) in [6, 6.07) is 13.7. The molecule has 3 rings (SSSR count). The molecule has 0 aromatic heterocycles. The summed E-state index contributed by atoms with van der Waals surface area (Å²) in [4.78, 5) is 12.2. The molecule has 1 aliphatic rings. The van der Waals surface area contributed by atoms with Crippen LogP contribution in [0.4, 0.5) is 5.69 Å². The van der Waals surface area contributed by atoms with Gasteiger partial charge in [0.2, 0.25) is 0 Å². The van der Waals surface area contributed by atoms with E-state index in [1.807, 2.05) is 42.5 Å². The van der Waals surface area contributed by atoms with Gasteiger partial charge in [0.05, 0.1) is 13.7 Å². The second-order valence-corrected chi connectivity index (χ2v) is 5.42. The van der Waals surface area contributed by atoms with E-state index in [1.54, 1.807) is 7.11 Å². The van der Waals surface area contributed by atoms with E-state index in [0.717, 1.165) is 35.5 Å². The molecule has 1 heterocycles. The summed E-state index contributed by atoms with van der Waals surface area (Å²) >= 11 is 0. The van der Waals surface area contributed by atoms with Crippen LogP contribution in [0.15, 0.2) is 42.5 Å². The van der Waals surface area contributed by atoms with Gasteiger partial charge in [-0.25, -0.2) is 0 Å². The predicted octanol–water partition coefficient (Wildman–Crippen LogP) is 2.64. The minimum absolute atomic E-state index is 0.128. The molecule has 1 aliphatic heterocycles. The summed E-state index contributed by atoms with van der Waals surface area (Å²) in [7, 11) is 1.65. The van der Waals surface area contributed by atoms with E-state index in [2.05, 4.69) is 10.6 Å². The molecular weight excluding hydrogens is 276 g/mol. The molecule has 0 bridgehead atoms. The van der Waals surface area contributed by atoms with Crippen molar-refractivity contribution in [2.45, 2.75) is 13.0 Å². The van der Waals surface area contributed by atoms with Crippen LogP contribution in [0, 0.1) is 0 Å². The van der Waals surface area contributed by atoms with Crippen LogP contribution in [0.5, 0.6) is 5.75 Å². The number of ketones is 1. The molecule has 2 aromatic carbocycles. The number of nitrogens with one attached hydrogen (secondary N) is 2. The highest BCUT2D eigenvalue weighted by atomic mass is 16.5. The summed E-state index contributed by atoms with van der Waals surface area (Å²) in [6.07, 6.45) is 0.996. The maximum Gasteiger partial charge on any atom is 0.176 e. The quantitative estimate of drug-likeness (QED) is 0.805. The molecule has 2 N–H and O–H groups in total. The van der Waals surface area contributed by atoms with E-state index >= 15 is 0 Å². The first-order valence-corrected chi connectivity index (χ1v) is 7.50. The second kappa shape index (κ2) is 6.62. The van der Waals surface area contributed by atoms with Gasteiger partial charge in [-0.1, -0.05) is 12.1 Å². The molecule has 0 radical (unpaired) electrons. The molecule has 0 amide bonds. The minimum atomic E-state index is 0.128. The molecule has 0 aliphatic carbocycles. The average Bonchev–Trinajstić information content (AvgIpc) is 3.03. The van der Waals surface area contributed by atoms with Gasteiger partial charge < -0.3 is 15.4 Å². The number of Topliss-reactive ketones (excluding diaryl/α,β-unsaturated/α-hetero) is 1. The summed E-state index contributed by atoms with van der Waals surface area (Å²) < 4.78 is 5.13. The van der Waals surface area contributed by atoms with Crippen LogP contribution in [-0.4, -0.2) is 26.0 Å². The van der Waals surface area contributed by atoms with E-state index in [-0.39, 0.29) is 5.78 Å². The lowest BCUT2D eigenvalue weighted by Crippen LogP contribution is -2.22. The number of fused-ring (bicyclic) bond motifs is 1. The zero-order valence-electron chi connectivity index (χ0n) is 12.7. The third kappa shape index (κ3) is 3.28. The zero-order valence-corrected chi connectivity index (χ0v) is 12.7. The molecule has 2 aromatic rings. The highest BCUT2D eigenvalue weighted by Crippen LogP contribution is 2.23. The van der Waals surface area contributed by atoms with Gasteiger partial charge in [0, 0.05) is 24.3 Å². The lowest BCUT2D eigenvalue weighted by Gasteiger charge is -2.07. The Morgan fingerprint density at radius 2 is 2.05 bits per heavy atom. The van der Waals surface area contributed by atoms with Gasteiger partial charge in [-0.3, -0.25) is 4.79 Å². The topological polar surface area (TPSA) is 50.4 Å². The zero-order chi connectivity index (χ0) is 15.4. The number of benzene rings is 2. The molecule has 4 heteroatoms. The first kappa shape index (κ1) is 14.6. The molecule has 0 unspecified atom stereocenters. The molecule has 0 spiro atoms. The smallest absolute Gasteiger partial charge is 0.176 e. The summed E-state index contributed by atoms with van der Waals surface area (Å²) in [5, 5.41) is 6.50. The van der Waals surface area contributed by atoms with Gasteiger partial charge in [-0.15, -0.1) is 0 Å². The van der Waals surface area contributed by atoms with Gasteiger partial charge in [-0.05, 0) is 47.9 Å². The summed E-state index contributed by atoms with van der Waals surface area (Å²) in [5.74, 6) is 0.967. The highest BCUT2D eigenvalue weighted by Gasteiger charge is 2.13. The van der Waals surface area contributed by atoms with Crippen molar-refractivity contribution in [1.29, 1.82) is 0 Å². The Morgan fingerprint density at radius 3 is 2.82 bits per heavy atom. The van der Waals surface area contributed by atoms with Gasteiger partial charge in [-0.2, -0.15) is 0 Å². The highest BCUT2D eigenvalue weighted by molar-refractivity contribution is 5.98. The van der Waals surface area contributed by atoms with E-state index in [1.165, 1.54) is 5.56 Å². The van der Waals surface area contributed by atoms with Crippen molar-refractivity contribution >= 4 is 11.5 Å². The molecule has 0 saturated heterocycles. The first-order chi connectivity index (χ1) is 10.8. The van der Waals surface area contributed by atoms with Crippen LogP contribution in [0.2, 0.25) is 0 Å². The number of anilines is 1. The number of hydrogen-bond acceptors (Lipinski definition) is 4. The summed E-state index contributed by atoms with van der Waals surface area (Å²) in [6.45, 7) is 1.98. The van der Waals surface area contributed by atoms with Crippen LogP contribution in [-0.2, 0) is 13.0 Å². The number of carbonyl (C=O) groups excluding carboxylic acids is 1. The maximum atomic E-state index is 12.2. The molecule has 0 atom stereocenters. The normalized spacial score (nSPS) is 12.6. The van der Waals surface area contributed by atoms with Crippen LogP contribution < -0.4 is 15.4 Å². The Labute approximate surface area is 130 Å². The van der Waals surface area contributed by atoms with Crippen molar-refractivity contribution in [1.82, 2.24) is 5.32 Å². The van der Waals surface area contributed by atoms with E-state index in [0.29, 0.717) is 13.1 Å². The number of methoxy groups -OCH3 is 1. The predicted molar refractivity (Wildman–Crippen MR) is 87.7 cm³/mol. The van der Waals surface area contributed by atoms with Gasteiger partial charge in [0.1, 0.15) is 5.75 Å². The van der Waals surface area contributed by atoms with Crippen LogP contribution in [0.3, 0.4) is 0 Å². The van der Waals surface area contributed by atoms with Crippen LogP contribution in [0.25, 0.3) is 0 Å². The number of rotatable bonds is 6. The van der Waals surface area contributed by atoms with Crippen molar-refractivity contribution in [2.24, 2.45) is 0 Å². The summed E-state index contributed by atoms with van der Waals surface area (Å²) in [5.41, 5.74) is 4.31. The number of ether oxygens (including phenoxy) is 1. The van der Waals surface area contributed by atoms with Gasteiger partial charge >= 0.3 is 0 Å². The van der Waals surface area contributed by atoms with Crippen LogP contribution >= 0.6 is 0 Å². The van der Waals surface area contributed by atoms with Gasteiger partial charge in [0.25, 0.3) is 0 Å². The average molecular weight is 296 g/mol. The van der Waals surface area contributed by atoms with Crippen molar-refractivity contribution in [2.75, 3.05) is 25.5 Å². The Kier molecular flexibility index (Phi) is 4.39. The monoisotopic (exact) mass is 296 g/mol. The standard InChI is InChI=1S/C18H20N2O2/c1-22-16-5-2-13(3-6-16)11-19-12-18(21)15-4-7-17-14(10-15)8-9-20-17/h2-7,10,19-20H,8-9,11-12H2,1H3. The van der Waals surface area contributed by atoms with Crippen LogP contribution in [0.1, 0.15) is 21.5 Å². The molecule has 114 valence electrons. The number of carbonyl (C=O) groups is 1. The fraction of sp³-hybridized carbons (Fsp3) is 0.278. The molecule has 0 fully saturated rings. The largest absolute Gasteiger partial charge is 0.497 e. The van der Waals surface area contributed by atoms with E-state index in [9.17, 15) is 4.79 Å². The maximum absolute atomic E-state index is 12.2. The molecule has 22 heavy (non-hydrogen) atoms. The molecule has 4 nitrogen and oxygen atoms in total.